The summed E-state index contributed by atoms with van der Waals surface area (Å²) in [5.41, 5.74) is -0.139. The lowest BCUT2D eigenvalue weighted by Crippen LogP contribution is -2.51. The van der Waals surface area contributed by atoms with E-state index in [9.17, 15) is 29.8 Å². The van der Waals surface area contributed by atoms with Crippen LogP contribution in [0.3, 0.4) is 0 Å². The van der Waals surface area contributed by atoms with Crippen molar-refractivity contribution >= 4 is 29.4 Å². The molecular weight excluding hydrogens is 640 g/mol. The van der Waals surface area contributed by atoms with Crippen molar-refractivity contribution in [3.63, 3.8) is 0 Å². The number of rotatable bonds is 15. The molecule has 0 aliphatic carbocycles. The fourth-order valence-electron chi connectivity index (χ4n) is 4.70. The predicted molar refractivity (Wildman–Crippen MR) is 165 cm³/mol. The third kappa shape index (κ3) is 9.69. The van der Waals surface area contributed by atoms with Gasteiger partial charge in [-0.2, -0.15) is 4.37 Å². The van der Waals surface area contributed by atoms with Crippen molar-refractivity contribution in [3.05, 3.63) is 91.0 Å². The molecule has 0 spiro atoms. The van der Waals surface area contributed by atoms with Crippen LogP contribution in [0.5, 0.6) is 5.88 Å². The number of hydrogen-bond acceptors (Lipinski definition) is 15. The van der Waals surface area contributed by atoms with Gasteiger partial charge in [0.05, 0.1) is 37.1 Å². The second-order valence-corrected chi connectivity index (χ2v) is 11.8. The Morgan fingerprint density at radius 3 is 2.13 bits per heavy atom. The molecule has 2 heterocycles. The average Bonchev–Trinajstić information content (AvgIpc) is 3.52. The van der Waals surface area contributed by atoms with Crippen LogP contribution in [0, 0.1) is 20.2 Å². The number of carbonyl (C=O) groups excluding carboxylic acids is 2. The number of aromatic nitrogens is 2. The number of benzene rings is 2. The number of ether oxygens (including phenoxy) is 3. The van der Waals surface area contributed by atoms with Gasteiger partial charge in [-0.1, -0.05) is 36.4 Å². The van der Waals surface area contributed by atoms with Crippen LogP contribution in [0.1, 0.15) is 52.6 Å². The van der Waals surface area contributed by atoms with Crippen molar-refractivity contribution in [2.24, 2.45) is 0 Å². The molecule has 0 saturated carbocycles. The summed E-state index contributed by atoms with van der Waals surface area (Å²) < 4.78 is 26.0. The first-order valence-corrected chi connectivity index (χ1v) is 15.2. The van der Waals surface area contributed by atoms with E-state index >= 15 is 0 Å². The zero-order valence-corrected chi connectivity index (χ0v) is 26.8. The summed E-state index contributed by atoms with van der Waals surface area (Å²) in [6, 6.07) is 12.4. The number of esters is 1. The Balaban J connectivity index is 1.63. The van der Waals surface area contributed by atoms with Gasteiger partial charge in [0.1, 0.15) is 19.8 Å². The molecule has 1 saturated heterocycles. The van der Waals surface area contributed by atoms with E-state index in [-0.39, 0.29) is 41.3 Å². The molecule has 1 amide bonds. The predicted octanol–water partition coefficient (Wildman–Crippen LogP) is 3.34. The summed E-state index contributed by atoms with van der Waals surface area (Å²) in [6.07, 6.45) is -1.09. The van der Waals surface area contributed by atoms with E-state index in [1.807, 2.05) is 4.90 Å². The summed E-state index contributed by atoms with van der Waals surface area (Å²) in [6.45, 7) is 6.18. The molecule has 0 bridgehead atoms. The van der Waals surface area contributed by atoms with Gasteiger partial charge in [-0.05, 0) is 44.0 Å². The van der Waals surface area contributed by atoms with Gasteiger partial charge >= 0.3 is 5.97 Å². The smallest absolute Gasteiger partial charge is 0.338 e. The number of carbonyl (C=O) groups is 2. The number of amides is 1. The van der Waals surface area contributed by atoms with E-state index in [1.54, 1.807) is 51.1 Å². The van der Waals surface area contributed by atoms with Gasteiger partial charge < -0.3 is 33.7 Å². The standard InChI is InChI=1S/C29H34N6O11S/c1-29(2,3)33(27(36)23-10-6-4-8-20(23)17-44-34(38)39)16-22(19-43-26-25(30-47-31-26)32-12-14-42-15-13-32)46-28(37)24-11-7-5-9-21(24)18-45-35(40)41/h4-11,22H,12-19H2,1-3H3. The first-order chi connectivity index (χ1) is 22.4. The van der Waals surface area contributed by atoms with E-state index in [0.29, 0.717) is 32.1 Å². The molecule has 0 N–H and O–H groups in total. The molecule has 3 aromatic rings. The first kappa shape index (κ1) is 34.8. The third-order valence-corrected chi connectivity index (χ3v) is 7.51. The van der Waals surface area contributed by atoms with E-state index in [1.165, 1.54) is 23.1 Å². The summed E-state index contributed by atoms with van der Waals surface area (Å²) in [5, 5.41) is 19.8. The largest absolute Gasteiger partial charge is 0.470 e. The highest BCUT2D eigenvalue weighted by atomic mass is 32.1. The Morgan fingerprint density at radius 1 is 0.957 bits per heavy atom. The van der Waals surface area contributed by atoms with Gasteiger partial charge in [0.2, 0.25) is 5.82 Å². The molecule has 1 fully saturated rings. The van der Waals surface area contributed by atoms with Crippen LogP contribution in [0.15, 0.2) is 48.5 Å². The second kappa shape index (κ2) is 15.9. The average molecular weight is 675 g/mol. The lowest BCUT2D eigenvalue weighted by molar-refractivity contribution is -0.763. The normalized spacial score (nSPS) is 13.7. The first-order valence-electron chi connectivity index (χ1n) is 14.5. The zero-order valence-electron chi connectivity index (χ0n) is 25.9. The molecular formula is C29H34N6O11S. The quantitative estimate of drug-likeness (QED) is 0.129. The van der Waals surface area contributed by atoms with Gasteiger partial charge in [0, 0.05) is 24.2 Å². The fraction of sp³-hybridized carbons (Fsp3) is 0.448. The molecule has 252 valence electrons. The van der Waals surface area contributed by atoms with E-state index < -0.39 is 46.9 Å². The Morgan fingerprint density at radius 2 is 1.53 bits per heavy atom. The molecule has 4 rings (SSSR count). The van der Waals surface area contributed by atoms with Crippen LogP contribution in [-0.4, -0.2) is 86.8 Å². The number of nitrogens with zero attached hydrogens (tertiary/aromatic N) is 6. The van der Waals surface area contributed by atoms with E-state index in [0.717, 1.165) is 11.7 Å². The maximum Gasteiger partial charge on any atom is 0.338 e. The molecule has 18 heteroatoms. The Labute approximate surface area is 273 Å². The van der Waals surface area contributed by atoms with Crippen LogP contribution < -0.4 is 9.64 Å². The van der Waals surface area contributed by atoms with Crippen LogP contribution in [0.2, 0.25) is 0 Å². The van der Waals surface area contributed by atoms with Crippen molar-refractivity contribution in [1.82, 2.24) is 13.6 Å². The molecule has 2 aromatic carbocycles. The molecule has 1 aliphatic heterocycles. The van der Waals surface area contributed by atoms with Crippen molar-refractivity contribution in [2.75, 3.05) is 44.4 Å². The third-order valence-electron chi connectivity index (χ3n) is 7.01. The van der Waals surface area contributed by atoms with Crippen LogP contribution in [0.4, 0.5) is 5.82 Å². The SMILES string of the molecule is CC(C)(C)N(CC(COc1nsnc1N1CCOCC1)OC(=O)c1ccccc1CO[N+](=O)[O-])C(=O)c1ccccc1CO[N+](=O)[O-]. The molecule has 17 nitrogen and oxygen atoms in total. The van der Waals surface area contributed by atoms with Gasteiger partial charge in [0.25, 0.3) is 22.0 Å². The molecule has 1 atom stereocenters. The van der Waals surface area contributed by atoms with Crippen LogP contribution in [-0.2, 0) is 32.4 Å². The van der Waals surface area contributed by atoms with Gasteiger partial charge in [0.15, 0.2) is 6.10 Å². The summed E-state index contributed by atoms with van der Waals surface area (Å²) in [7, 11) is 0. The zero-order chi connectivity index (χ0) is 34.0. The van der Waals surface area contributed by atoms with E-state index in [4.69, 9.17) is 14.2 Å². The minimum Gasteiger partial charge on any atom is -0.470 e. The molecule has 1 aliphatic rings. The van der Waals surface area contributed by atoms with Crippen molar-refractivity contribution in [1.29, 1.82) is 0 Å². The highest BCUT2D eigenvalue weighted by Gasteiger charge is 2.33. The number of morpholine rings is 1. The molecule has 1 unspecified atom stereocenters. The lowest BCUT2D eigenvalue weighted by atomic mass is 10.0. The monoisotopic (exact) mass is 674 g/mol. The minimum atomic E-state index is -1.09. The van der Waals surface area contributed by atoms with Gasteiger partial charge in [-0.25, -0.2) is 4.79 Å². The van der Waals surface area contributed by atoms with Crippen molar-refractivity contribution in [3.8, 4) is 5.88 Å². The summed E-state index contributed by atoms with van der Waals surface area (Å²) in [4.78, 5) is 61.7. The maximum atomic E-state index is 14.0. The summed E-state index contributed by atoms with van der Waals surface area (Å²) in [5.74, 6) is -0.597. The highest BCUT2D eigenvalue weighted by Crippen LogP contribution is 2.28. The van der Waals surface area contributed by atoms with Crippen LogP contribution >= 0.6 is 11.7 Å². The van der Waals surface area contributed by atoms with Crippen LogP contribution in [0.25, 0.3) is 0 Å². The van der Waals surface area contributed by atoms with Crippen molar-refractivity contribution < 1.29 is 43.6 Å². The van der Waals surface area contributed by atoms with Gasteiger partial charge in [-0.15, -0.1) is 24.6 Å². The Kier molecular flexibility index (Phi) is 11.8. The Hall–Kier alpha value is -5.10. The summed E-state index contributed by atoms with van der Waals surface area (Å²) >= 11 is 0.952. The maximum absolute atomic E-state index is 14.0. The molecule has 0 radical (unpaired) electrons. The second-order valence-electron chi connectivity index (χ2n) is 11.2. The highest BCUT2D eigenvalue weighted by molar-refractivity contribution is 6.99. The fourth-order valence-corrected chi connectivity index (χ4v) is 5.22. The topological polar surface area (TPSA) is 199 Å². The number of hydrogen-bond donors (Lipinski definition) is 0. The lowest BCUT2D eigenvalue weighted by Gasteiger charge is -2.38. The number of anilines is 1. The van der Waals surface area contributed by atoms with Gasteiger partial charge in [-0.3, -0.25) is 4.79 Å². The molecule has 47 heavy (non-hydrogen) atoms. The van der Waals surface area contributed by atoms with Crippen molar-refractivity contribution in [2.45, 2.75) is 45.6 Å². The Bertz CT molecular complexity index is 1560. The minimum absolute atomic E-state index is 0.0274. The molecule has 1 aromatic heterocycles. The van der Waals surface area contributed by atoms with E-state index in [2.05, 4.69) is 18.4 Å².